The van der Waals surface area contributed by atoms with E-state index in [0.29, 0.717) is 0 Å². The normalized spacial score (nSPS) is 9.82. The van der Waals surface area contributed by atoms with Crippen LogP contribution in [0.3, 0.4) is 0 Å². The second-order valence-electron chi connectivity index (χ2n) is 5.30. The van der Waals surface area contributed by atoms with Gasteiger partial charge in [-0.25, -0.2) is 0 Å². The van der Waals surface area contributed by atoms with Crippen LogP contribution < -0.4 is 0 Å². The Labute approximate surface area is 131 Å². The molecule has 0 saturated carbocycles. The monoisotopic (exact) mass is 292 g/mol. The predicted octanol–water partition coefficient (Wildman–Crippen LogP) is 3.85. The van der Waals surface area contributed by atoms with Gasteiger partial charge in [-0.2, -0.15) is 0 Å². The summed E-state index contributed by atoms with van der Waals surface area (Å²) in [6, 6.07) is 4.23. The Kier molecular flexibility index (Phi) is 5.31. The van der Waals surface area contributed by atoms with Crippen LogP contribution in [0.4, 0.5) is 0 Å². The predicted molar refractivity (Wildman–Crippen MR) is 88.4 cm³/mol. The van der Waals surface area contributed by atoms with Crippen LogP contribution in [0.15, 0.2) is 49.3 Å². The third-order valence-electron chi connectivity index (χ3n) is 2.99. The number of aromatic nitrogens is 4. The first kappa shape index (κ1) is 15.8. The average Bonchev–Trinajstić information content (AvgIpc) is 2.51. The third kappa shape index (κ3) is 4.74. The molecule has 0 unspecified atom stereocenters. The molecule has 3 aromatic heterocycles. The molecule has 4 nitrogen and oxygen atoms in total. The van der Waals surface area contributed by atoms with E-state index < -0.39 is 0 Å². The number of pyridine rings is 2. The lowest BCUT2D eigenvalue weighted by atomic mass is 10.1. The van der Waals surface area contributed by atoms with Crippen LogP contribution in [-0.2, 0) is 0 Å². The van der Waals surface area contributed by atoms with Crippen LogP contribution >= 0.6 is 0 Å². The van der Waals surface area contributed by atoms with E-state index in [1.54, 1.807) is 12.4 Å². The van der Waals surface area contributed by atoms with Gasteiger partial charge in [0.1, 0.15) is 0 Å². The summed E-state index contributed by atoms with van der Waals surface area (Å²) in [5, 5.41) is 0. The highest BCUT2D eigenvalue weighted by Crippen LogP contribution is 2.18. The van der Waals surface area contributed by atoms with Gasteiger partial charge in [-0.15, -0.1) is 0 Å². The van der Waals surface area contributed by atoms with Gasteiger partial charge in [-0.1, -0.05) is 0 Å². The maximum absolute atomic E-state index is 4.16. The van der Waals surface area contributed by atoms with Gasteiger partial charge in [-0.3, -0.25) is 19.9 Å². The van der Waals surface area contributed by atoms with Crippen LogP contribution in [0.25, 0.3) is 11.1 Å². The number of rotatable bonds is 1. The van der Waals surface area contributed by atoms with Crippen molar-refractivity contribution >= 4 is 0 Å². The average molecular weight is 292 g/mol. The highest BCUT2D eigenvalue weighted by Gasteiger charge is 1.98. The van der Waals surface area contributed by atoms with Gasteiger partial charge in [0.25, 0.3) is 0 Å². The molecule has 4 heteroatoms. The molecule has 0 aromatic carbocycles. The van der Waals surface area contributed by atoms with Crippen molar-refractivity contribution in [3.63, 3.8) is 0 Å². The Balaban J connectivity index is 0.000000188. The Morgan fingerprint density at radius 3 is 1.27 bits per heavy atom. The quantitative estimate of drug-likeness (QED) is 0.683. The molecule has 0 radical (unpaired) electrons. The highest BCUT2D eigenvalue weighted by molar-refractivity contribution is 5.62. The molecule has 0 amide bonds. The van der Waals surface area contributed by atoms with Crippen molar-refractivity contribution in [2.24, 2.45) is 0 Å². The minimum absolute atomic E-state index is 0.968. The van der Waals surface area contributed by atoms with E-state index in [9.17, 15) is 0 Å². The summed E-state index contributed by atoms with van der Waals surface area (Å²) >= 11 is 0. The van der Waals surface area contributed by atoms with E-state index in [1.165, 1.54) is 11.1 Å². The molecule has 0 bridgehead atoms. The van der Waals surface area contributed by atoms with E-state index in [-0.39, 0.29) is 0 Å². The largest absolute Gasteiger partial charge is 0.264 e. The Morgan fingerprint density at radius 2 is 0.955 bits per heavy atom. The zero-order valence-corrected chi connectivity index (χ0v) is 13.4. The molecule has 0 fully saturated rings. The summed E-state index contributed by atoms with van der Waals surface area (Å²) in [5.74, 6) is 0. The Morgan fingerprint density at radius 1 is 0.545 bits per heavy atom. The van der Waals surface area contributed by atoms with Gasteiger partial charge in [0.2, 0.25) is 0 Å². The molecular weight excluding hydrogens is 272 g/mol. The van der Waals surface area contributed by atoms with Crippen molar-refractivity contribution < 1.29 is 0 Å². The summed E-state index contributed by atoms with van der Waals surface area (Å²) in [5.41, 5.74) is 6.53. The molecule has 3 heterocycles. The van der Waals surface area contributed by atoms with Gasteiger partial charge in [-0.05, 0) is 51.0 Å². The maximum Gasteiger partial charge on any atom is 0.0555 e. The smallest absolute Gasteiger partial charge is 0.0555 e. The van der Waals surface area contributed by atoms with Crippen molar-refractivity contribution in [3.8, 4) is 11.1 Å². The molecule has 0 aliphatic carbocycles. The van der Waals surface area contributed by atoms with Crippen molar-refractivity contribution in [3.05, 3.63) is 71.8 Å². The topological polar surface area (TPSA) is 51.6 Å². The van der Waals surface area contributed by atoms with Gasteiger partial charge in [0.15, 0.2) is 0 Å². The van der Waals surface area contributed by atoms with E-state index in [0.717, 1.165) is 22.5 Å². The fraction of sp³-hybridized carbons (Fsp3) is 0.222. The SMILES string of the molecule is Cc1cnc(C)cn1.Cc1cncc(-c2cncc(C)c2)c1. The first-order valence-electron chi connectivity index (χ1n) is 7.13. The lowest BCUT2D eigenvalue weighted by Gasteiger charge is -2.02. The molecule has 0 saturated heterocycles. The van der Waals surface area contributed by atoms with Gasteiger partial charge < -0.3 is 0 Å². The molecular formula is C18H20N4. The van der Waals surface area contributed by atoms with Crippen molar-refractivity contribution in [2.75, 3.05) is 0 Å². The van der Waals surface area contributed by atoms with Crippen LogP contribution in [0.2, 0.25) is 0 Å². The van der Waals surface area contributed by atoms with E-state index >= 15 is 0 Å². The minimum atomic E-state index is 0.968. The maximum atomic E-state index is 4.16. The second-order valence-corrected chi connectivity index (χ2v) is 5.30. The molecule has 3 rings (SSSR count). The molecule has 0 atom stereocenters. The van der Waals surface area contributed by atoms with E-state index in [1.807, 2.05) is 52.5 Å². The molecule has 22 heavy (non-hydrogen) atoms. The summed E-state index contributed by atoms with van der Waals surface area (Å²) in [7, 11) is 0. The van der Waals surface area contributed by atoms with Crippen molar-refractivity contribution in [2.45, 2.75) is 27.7 Å². The summed E-state index contributed by atoms with van der Waals surface area (Å²) in [6.45, 7) is 7.93. The molecule has 0 aliphatic rings. The highest BCUT2D eigenvalue weighted by atomic mass is 14.8. The summed E-state index contributed by atoms with van der Waals surface area (Å²) in [6.07, 6.45) is 11.0. The number of hydrogen-bond acceptors (Lipinski definition) is 4. The fourth-order valence-electron chi connectivity index (χ4n) is 1.88. The van der Waals surface area contributed by atoms with E-state index in [4.69, 9.17) is 0 Å². The third-order valence-corrected chi connectivity index (χ3v) is 2.99. The zero-order chi connectivity index (χ0) is 15.9. The van der Waals surface area contributed by atoms with Crippen LogP contribution in [0.1, 0.15) is 22.5 Å². The van der Waals surface area contributed by atoms with E-state index in [2.05, 4.69) is 32.1 Å². The van der Waals surface area contributed by atoms with Crippen LogP contribution in [-0.4, -0.2) is 19.9 Å². The Bertz CT molecular complexity index is 672. The lowest BCUT2D eigenvalue weighted by Crippen LogP contribution is -1.84. The summed E-state index contributed by atoms with van der Waals surface area (Å²) < 4.78 is 0. The van der Waals surface area contributed by atoms with Gasteiger partial charge in [0, 0.05) is 48.3 Å². The number of nitrogens with zero attached hydrogens (tertiary/aromatic N) is 4. The van der Waals surface area contributed by atoms with Crippen molar-refractivity contribution in [1.82, 2.24) is 19.9 Å². The fourth-order valence-corrected chi connectivity index (χ4v) is 1.88. The first-order valence-corrected chi connectivity index (χ1v) is 7.13. The molecule has 112 valence electrons. The zero-order valence-electron chi connectivity index (χ0n) is 13.4. The van der Waals surface area contributed by atoms with Crippen LogP contribution in [0.5, 0.6) is 0 Å². The minimum Gasteiger partial charge on any atom is -0.264 e. The standard InChI is InChI=1S/C12H12N2.C6H8N2/c1-9-3-11(7-13-5-9)12-4-10(2)6-14-8-12;1-5-3-8-6(2)4-7-5/h3-8H,1-2H3;3-4H,1-2H3. The summed E-state index contributed by atoms with van der Waals surface area (Å²) in [4.78, 5) is 16.4. The molecule has 0 spiro atoms. The van der Waals surface area contributed by atoms with Crippen molar-refractivity contribution in [1.29, 1.82) is 0 Å². The van der Waals surface area contributed by atoms with Crippen LogP contribution in [0, 0.1) is 27.7 Å². The Hall–Kier alpha value is -2.62. The molecule has 0 aliphatic heterocycles. The number of aryl methyl sites for hydroxylation is 4. The van der Waals surface area contributed by atoms with Gasteiger partial charge in [0.05, 0.1) is 11.4 Å². The number of hydrogen-bond donors (Lipinski definition) is 0. The lowest BCUT2D eigenvalue weighted by molar-refractivity contribution is 1.06. The van der Waals surface area contributed by atoms with Gasteiger partial charge >= 0.3 is 0 Å². The molecule has 3 aromatic rings. The second kappa shape index (κ2) is 7.41. The first-order chi connectivity index (χ1) is 10.5. The molecule has 0 N–H and O–H groups in total.